The Bertz CT molecular complexity index is 1080. The van der Waals surface area contributed by atoms with Crippen molar-refractivity contribution in [2.24, 2.45) is 0 Å². The number of anilines is 1. The van der Waals surface area contributed by atoms with Gasteiger partial charge < -0.3 is 24.4 Å². The van der Waals surface area contributed by atoms with E-state index < -0.39 is 0 Å². The normalized spacial score (nSPS) is 14.1. The van der Waals surface area contributed by atoms with Gasteiger partial charge in [0, 0.05) is 32.2 Å². The average Bonchev–Trinajstić information content (AvgIpc) is 3.32. The number of tetrazole rings is 1. The molecule has 0 aliphatic carbocycles. The van der Waals surface area contributed by atoms with Crippen molar-refractivity contribution in [3.05, 3.63) is 48.3 Å². The van der Waals surface area contributed by atoms with E-state index in [9.17, 15) is 4.79 Å². The Morgan fingerprint density at radius 1 is 0.939 bits per heavy atom. The predicted octanol–water partition coefficient (Wildman–Crippen LogP) is 2.04. The molecule has 1 aliphatic rings. The van der Waals surface area contributed by atoms with E-state index in [2.05, 4.69) is 25.7 Å². The van der Waals surface area contributed by atoms with Gasteiger partial charge in [0.15, 0.2) is 5.82 Å². The number of carbonyl (C=O) groups excluding carboxylic acids is 1. The van der Waals surface area contributed by atoms with Crippen LogP contribution < -0.4 is 19.5 Å². The van der Waals surface area contributed by atoms with E-state index in [1.54, 1.807) is 49.1 Å². The summed E-state index contributed by atoms with van der Waals surface area (Å²) in [6.07, 6.45) is 0. The molecule has 0 radical (unpaired) electrons. The van der Waals surface area contributed by atoms with E-state index in [-0.39, 0.29) is 6.03 Å². The number of ether oxygens (including phenoxy) is 3. The van der Waals surface area contributed by atoms with Crippen LogP contribution in [0.3, 0.4) is 0 Å². The highest BCUT2D eigenvalue weighted by atomic mass is 16.5. The van der Waals surface area contributed by atoms with Gasteiger partial charge in [0.2, 0.25) is 0 Å². The zero-order chi connectivity index (χ0) is 23.2. The standard InChI is InChI=1S/C22H27N7O4/c1-31-17-6-4-16(5-7-17)29-21(24-25-26-29)15-27-10-12-28(13-11-27)22(30)23-19-9-8-18(32-2)14-20(19)33-3/h4-9,14H,10-13,15H2,1-3H3,(H,23,30). The molecule has 2 heterocycles. The molecule has 33 heavy (non-hydrogen) atoms. The quantitative estimate of drug-likeness (QED) is 0.579. The molecule has 4 rings (SSSR count). The molecule has 1 N–H and O–H groups in total. The largest absolute Gasteiger partial charge is 0.497 e. The van der Waals surface area contributed by atoms with Crippen LogP contribution in [0.25, 0.3) is 5.69 Å². The van der Waals surface area contributed by atoms with Gasteiger partial charge in [0.05, 0.1) is 39.2 Å². The number of hydrogen-bond acceptors (Lipinski definition) is 8. The molecule has 11 nitrogen and oxygen atoms in total. The monoisotopic (exact) mass is 453 g/mol. The smallest absolute Gasteiger partial charge is 0.322 e. The number of amides is 2. The Labute approximate surface area is 191 Å². The second-order valence-corrected chi connectivity index (χ2v) is 7.46. The molecule has 11 heteroatoms. The summed E-state index contributed by atoms with van der Waals surface area (Å²) in [6.45, 7) is 3.19. The first-order valence-corrected chi connectivity index (χ1v) is 10.5. The van der Waals surface area contributed by atoms with E-state index in [0.29, 0.717) is 49.9 Å². The maximum Gasteiger partial charge on any atom is 0.322 e. The average molecular weight is 454 g/mol. The van der Waals surface area contributed by atoms with Crippen LogP contribution in [0.2, 0.25) is 0 Å². The van der Waals surface area contributed by atoms with Crippen molar-refractivity contribution in [2.45, 2.75) is 6.54 Å². The van der Waals surface area contributed by atoms with Crippen molar-refractivity contribution in [1.82, 2.24) is 30.0 Å². The maximum atomic E-state index is 12.8. The lowest BCUT2D eigenvalue weighted by atomic mass is 10.2. The summed E-state index contributed by atoms with van der Waals surface area (Å²) in [5.41, 5.74) is 1.46. The van der Waals surface area contributed by atoms with E-state index >= 15 is 0 Å². The molecule has 0 saturated carbocycles. The van der Waals surface area contributed by atoms with Crippen LogP contribution in [-0.2, 0) is 6.54 Å². The molecule has 3 aromatic rings. The lowest BCUT2D eigenvalue weighted by Crippen LogP contribution is -2.49. The van der Waals surface area contributed by atoms with Crippen molar-refractivity contribution < 1.29 is 19.0 Å². The molecular weight excluding hydrogens is 426 g/mol. The van der Waals surface area contributed by atoms with Gasteiger partial charge in [0.1, 0.15) is 17.2 Å². The van der Waals surface area contributed by atoms with Crippen molar-refractivity contribution in [3.63, 3.8) is 0 Å². The zero-order valence-corrected chi connectivity index (χ0v) is 18.9. The van der Waals surface area contributed by atoms with Crippen molar-refractivity contribution >= 4 is 11.7 Å². The van der Waals surface area contributed by atoms with Crippen molar-refractivity contribution in [3.8, 4) is 22.9 Å². The number of rotatable bonds is 7. The number of aromatic nitrogens is 4. The molecule has 0 bridgehead atoms. The van der Waals surface area contributed by atoms with E-state index in [1.165, 1.54) is 0 Å². The Morgan fingerprint density at radius 2 is 1.64 bits per heavy atom. The minimum absolute atomic E-state index is 0.166. The fourth-order valence-corrected chi connectivity index (χ4v) is 3.63. The number of piperazine rings is 1. The lowest BCUT2D eigenvalue weighted by Gasteiger charge is -2.34. The van der Waals surface area contributed by atoms with Crippen LogP contribution in [-0.4, -0.2) is 83.5 Å². The summed E-state index contributed by atoms with van der Waals surface area (Å²) < 4.78 is 17.5. The van der Waals surface area contributed by atoms with Crippen molar-refractivity contribution in [1.29, 1.82) is 0 Å². The number of carbonyl (C=O) groups is 1. The third-order valence-corrected chi connectivity index (χ3v) is 5.53. The van der Waals surface area contributed by atoms with Gasteiger partial charge in [-0.3, -0.25) is 4.90 Å². The number of methoxy groups -OCH3 is 3. The van der Waals surface area contributed by atoms with Gasteiger partial charge >= 0.3 is 6.03 Å². The fraction of sp³-hybridized carbons (Fsp3) is 0.364. The Morgan fingerprint density at radius 3 is 2.30 bits per heavy atom. The molecule has 1 saturated heterocycles. The summed E-state index contributed by atoms with van der Waals surface area (Å²) in [4.78, 5) is 16.8. The van der Waals surface area contributed by atoms with Crippen LogP contribution in [0.4, 0.5) is 10.5 Å². The van der Waals surface area contributed by atoms with E-state index in [0.717, 1.165) is 17.3 Å². The topological polar surface area (TPSA) is 107 Å². The molecule has 2 amide bonds. The highest BCUT2D eigenvalue weighted by molar-refractivity contribution is 5.91. The van der Waals surface area contributed by atoms with Crippen LogP contribution >= 0.6 is 0 Å². The first-order chi connectivity index (χ1) is 16.1. The molecule has 1 fully saturated rings. The predicted molar refractivity (Wildman–Crippen MR) is 121 cm³/mol. The summed E-state index contributed by atoms with van der Waals surface area (Å²) in [6, 6.07) is 12.7. The van der Waals surface area contributed by atoms with Crippen LogP contribution in [0.15, 0.2) is 42.5 Å². The third kappa shape index (κ3) is 5.14. The first-order valence-electron chi connectivity index (χ1n) is 10.5. The first kappa shape index (κ1) is 22.3. The molecule has 174 valence electrons. The van der Waals surface area contributed by atoms with Gasteiger partial charge in [-0.2, -0.15) is 4.68 Å². The number of nitrogens with zero attached hydrogens (tertiary/aromatic N) is 6. The summed E-state index contributed by atoms with van der Waals surface area (Å²) in [7, 11) is 4.77. The summed E-state index contributed by atoms with van der Waals surface area (Å²) in [5.74, 6) is 2.72. The van der Waals surface area contributed by atoms with Crippen molar-refractivity contribution in [2.75, 3.05) is 52.8 Å². The molecule has 0 unspecified atom stereocenters. The molecule has 0 spiro atoms. The molecule has 1 aliphatic heterocycles. The summed E-state index contributed by atoms with van der Waals surface area (Å²) >= 11 is 0. The Kier molecular flexibility index (Phi) is 6.89. The second kappa shape index (κ2) is 10.2. The van der Waals surface area contributed by atoms with E-state index in [1.807, 2.05) is 24.3 Å². The minimum Gasteiger partial charge on any atom is -0.497 e. The highest BCUT2D eigenvalue weighted by Gasteiger charge is 2.23. The van der Waals surface area contributed by atoms with E-state index in [4.69, 9.17) is 14.2 Å². The highest BCUT2D eigenvalue weighted by Crippen LogP contribution is 2.29. The van der Waals surface area contributed by atoms with Gasteiger partial charge in [-0.1, -0.05) is 0 Å². The van der Waals surface area contributed by atoms with Crippen LogP contribution in [0, 0.1) is 0 Å². The minimum atomic E-state index is -0.166. The molecule has 2 aromatic carbocycles. The molecule has 1 aromatic heterocycles. The summed E-state index contributed by atoms with van der Waals surface area (Å²) in [5, 5.41) is 15.1. The second-order valence-electron chi connectivity index (χ2n) is 7.46. The SMILES string of the molecule is COc1ccc(-n2nnnc2CN2CCN(C(=O)Nc3ccc(OC)cc3OC)CC2)cc1. The maximum absolute atomic E-state index is 12.8. The van der Waals surface area contributed by atoms with Gasteiger partial charge in [0.25, 0.3) is 0 Å². The van der Waals surface area contributed by atoms with Gasteiger partial charge in [-0.05, 0) is 46.8 Å². The van der Waals surface area contributed by atoms with Gasteiger partial charge in [-0.15, -0.1) is 5.10 Å². The third-order valence-electron chi connectivity index (χ3n) is 5.53. The lowest BCUT2D eigenvalue weighted by molar-refractivity contribution is 0.140. The number of urea groups is 1. The Hall–Kier alpha value is -3.86. The number of benzene rings is 2. The zero-order valence-electron chi connectivity index (χ0n) is 18.9. The van der Waals surface area contributed by atoms with Crippen LogP contribution in [0.5, 0.6) is 17.2 Å². The Balaban J connectivity index is 1.33. The fourth-order valence-electron chi connectivity index (χ4n) is 3.63. The number of nitrogens with one attached hydrogen (secondary N) is 1. The number of hydrogen-bond donors (Lipinski definition) is 1. The molecule has 0 atom stereocenters. The van der Waals surface area contributed by atoms with Crippen LogP contribution in [0.1, 0.15) is 5.82 Å². The van der Waals surface area contributed by atoms with Gasteiger partial charge in [-0.25, -0.2) is 4.79 Å². The molecular formula is C22H27N7O4.